The lowest BCUT2D eigenvalue weighted by atomic mass is 9.74. The molecule has 5 heteroatoms. The molecule has 1 unspecified atom stereocenters. The molecule has 1 N–H and O–H groups in total. The number of hydrogen-bond donors (Lipinski definition) is 1. The largest absolute Gasteiger partial charge is 0.341 e. The molecule has 1 aliphatic rings. The fraction of sp³-hybridized carbons (Fsp3) is 0.733. The molecule has 112 valence electrons. The highest BCUT2D eigenvalue weighted by molar-refractivity contribution is 5.82. The molecular formula is C15H26N4O. The van der Waals surface area contributed by atoms with E-state index in [0.717, 1.165) is 31.5 Å². The molecule has 1 aliphatic heterocycles. The second-order valence-corrected chi connectivity index (χ2v) is 6.45. The van der Waals surface area contributed by atoms with Crippen molar-refractivity contribution >= 4 is 5.91 Å². The van der Waals surface area contributed by atoms with Crippen molar-refractivity contribution in [2.75, 3.05) is 20.1 Å². The van der Waals surface area contributed by atoms with Gasteiger partial charge in [0, 0.05) is 37.8 Å². The Balaban J connectivity index is 2.00. The van der Waals surface area contributed by atoms with E-state index in [2.05, 4.69) is 24.3 Å². The molecule has 0 saturated carbocycles. The average Bonchev–Trinajstić information content (AvgIpc) is 2.84. The number of aryl methyl sites for hydroxylation is 1. The number of piperidine rings is 1. The topological polar surface area (TPSA) is 50.2 Å². The summed E-state index contributed by atoms with van der Waals surface area (Å²) in [5.74, 6) is 0.634. The van der Waals surface area contributed by atoms with Gasteiger partial charge < -0.3 is 10.2 Å². The van der Waals surface area contributed by atoms with Crippen LogP contribution >= 0.6 is 0 Å². The molecular weight excluding hydrogens is 252 g/mol. The van der Waals surface area contributed by atoms with E-state index in [1.807, 2.05) is 31.4 Å². The van der Waals surface area contributed by atoms with Crippen LogP contribution in [0.15, 0.2) is 12.4 Å². The number of carbonyl (C=O) groups excluding carboxylic acids is 1. The maximum Gasteiger partial charge on any atom is 0.228 e. The van der Waals surface area contributed by atoms with Gasteiger partial charge in [-0.05, 0) is 31.8 Å². The Hall–Kier alpha value is -1.36. The minimum Gasteiger partial charge on any atom is -0.341 e. The highest BCUT2D eigenvalue weighted by atomic mass is 16.2. The summed E-state index contributed by atoms with van der Waals surface area (Å²) >= 11 is 0. The molecule has 1 aromatic heterocycles. The average molecular weight is 278 g/mol. The molecule has 1 atom stereocenters. The van der Waals surface area contributed by atoms with E-state index < -0.39 is 0 Å². The van der Waals surface area contributed by atoms with E-state index in [1.54, 1.807) is 4.68 Å². The van der Waals surface area contributed by atoms with Crippen molar-refractivity contribution in [3.63, 3.8) is 0 Å². The quantitative estimate of drug-likeness (QED) is 0.906. The predicted octanol–water partition coefficient (Wildman–Crippen LogP) is 1.40. The Labute approximate surface area is 121 Å². The van der Waals surface area contributed by atoms with Crippen LogP contribution in [-0.2, 0) is 18.4 Å². The van der Waals surface area contributed by atoms with Gasteiger partial charge in [-0.2, -0.15) is 5.10 Å². The summed E-state index contributed by atoms with van der Waals surface area (Å²) in [7, 11) is 3.77. The zero-order valence-electron chi connectivity index (χ0n) is 13.0. The Morgan fingerprint density at radius 2 is 2.35 bits per heavy atom. The summed E-state index contributed by atoms with van der Waals surface area (Å²) in [5.41, 5.74) is 0.755. The molecule has 1 aromatic rings. The minimum absolute atomic E-state index is 0.218. The zero-order valence-corrected chi connectivity index (χ0v) is 13.0. The van der Waals surface area contributed by atoms with Crippen molar-refractivity contribution in [3.05, 3.63) is 18.0 Å². The Morgan fingerprint density at radius 3 is 2.90 bits per heavy atom. The number of nitrogens with zero attached hydrogens (tertiary/aromatic N) is 3. The van der Waals surface area contributed by atoms with Gasteiger partial charge in [-0.15, -0.1) is 0 Å². The second-order valence-electron chi connectivity index (χ2n) is 6.45. The lowest BCUT2D eigenvalue weighted by Crippen LogP contribution is -2.47. The van der Waals surface area contributed by atoms with E-state index in [9.17, 15) is 4.79 Å². The summed E-state index contributed by atoms with van der Waals surface area (Å²) < 4.78 is 1.77. The number of carbonyl (C=O) groups is 1. The molecule has 1 fully saturated rings. The molecule has 5 nitrogen and oxygen atoms in total. The van der Waals surface area contributed by atoms with Crippen LogP contribution in [0, 0.1) is 11.3 Å². The Kier molecular flexibility index (Phi) is 4.48. The van der Waals surface area contributed by atoms with Crippen LogP contribution in [0.4, 0.5) is 0 Å². The fourth-order valence-corrected chi connectivity index (χ4v) is 3.03. The van der Waals surface area contributed by atoms with Crippen LogP contribution in [0.1, 0.15) is 32.3 Å². The van der Waals surface area contributed by atoms with E-state index in [0.29, 0.717) is 12.5 Å². The van der Waals surface area contributed by atoms with Gasteiger partial charge >= 0.3 is 0 Å². The molecule has 0 bridgehead atoms. The lowest BCUT2D eigenvalue weighted by Gasteiger charge is -2.38. The first-order valence-electron chi connectivity index (χ1n) is 7.35. The second kappa shape index (κ2) is 5.95. The summed E-state index contributed by atoms with van der Waals surface area (Å²) in [6.45, 7) is 6.79. The van der Waals surface area contributed by atoms with Crippen molar-refractivity contribution in [1.29, 1.82) is 0 Å². The van der Waals surface area contributed by atoms with Gasteiger partial charge in [0.2, 0.25) is 5.91 Å². The third kappa shape index (κ3) is 3.20. The third-order valence-electron chi connectivity index (χ3n) is 4.39. The van der Waals surface area contributed by atoms with Gasteiger partial charge in [0.05, 0.1) is 6.20 Å². The van der Waals surface area contributed by atoms with Gasteiger partial charge in [0.15, 0.2) is 0 Å². The summed E-state index contributed by atoms with van der Waals surface area (Å²) in [6, 6.07) is 0. The molecule has 1 amide bonds. The normalized spacial score (nSPS) is 19.9. The van der Waals surface area contributed by atoms with Crippen molar-refractivity contribution in [2.45, 2.75) is 33.2 Å². The molecule has 2 rings (SSSR count). The van der Waals surface area contributed by atoms with E-state index in [1.165, 1.54) is 0 Å². The van der Waals surface area contributed by atoms with Crippen LogP contribution in [0.2, 0.25) is 0 Å². The minimum atomic E-state index is -0.315. The van der Waals surface area contributed by atoms with E-state index >= 15 is 0 Å². The Morgan fingerprint density at radius 1 is 1.60 bits per heavy atom. The molecule has 2 heterocycles. The number of amides is 1. The van der Waals surface area contributed by atoms with Crippen LogP contribution in [0.25, 0.3) is 0 Å². The number of rotatable bonds is 4. The monoisotopic (exact) mass is 278 g/mol. The predicted molar refractivity (Wildman–Crippen MR) is 79.1 cm³/mol. The van der Waals surface area contributed by atoms with Crippen LogP contribution in [0.3, 0.4) is 0 Å². The van der Waals surface area contributed by atoms with Crippen molar-refractivity contribution in [3.8, 4) is 0 Å². The summed E-state index contributed by atoms with van der Waals surface area (Å²) in [4.78, 5) is 14.6. The van der Waals surface area contributed by atoms with Crippen molar-refractivity contribution < 1.29 is 4.79 Å². The molecule has 0 aromatic carbocycles. The third-order valence-corrected chi connectivity index (χ3v) is 4.39. The molecule has 0 aliphatic carbocycles. The highest BCUT2D eigenvalue weighted by Crippen LogP contribution is 2.33. The highest BCUT2D eigenvalue weighted by Gasteiger charge is 2.38. The van der Waals surface area contributed by atoms with Crippen molar-refractivity contribution in [2.24, 2.45) is 18.4 Å². The van der Waals surface area contributed by atoms with E-state index in [-0.39, 0.29) is 11.3 Å². The van der Waals surface area contributed by atoms with Crippen LogP contribution in [-0.4, -0.2) is 40.7 Å². The maximum atomic E-state index is 12.7. The first-order chi connectivity index (χ1) is 9.41. The smallest absolute Gasteiger partial charge is 0.228 e. The van der Waals surface area contributed by atoms with Gasteiger partial charge in [-0.25, -0.2) is 0 Å². The SMILES string of the molecule is CN(Cc1cnn(C)c1)C(=O)C(C)(C)C1CCCNC1. The lowest BCUT2D eigenvalue weighted by molar-refractivity contribution is -0.143. The van der Waals surface area contributed by atoms with E-state index in [4.69, 9.17) is 0 Å². The van der Waals surface area contributed by atoms with Gasteiger partial charge in [0.1, 0.15) is 0 Å². The number of hydrogen-bond acceptors (Lipinski definition) is 3. The van der Waals surface area contributed by atoms with Gasteiger partial charge in [-0.1, -0.05) is 13.8 Å². The zero-order chi connectivity index (χ0) is 14.8. The van der Waals surface area contributed by atoms with Crippen molar-refractivity contribution in [1.82, 2.24) is 20.0 Å². The van der Waals surface area contributed by atoms with Crippen LogP contribution in [0.5, 0.6) is 0 Å². The Bertz CT molecular complexity index is 460. The number of aromatic nitrogens is 2. The molecule has 1 saturated heterocycles. The van der Waals surface area contributed by atoms with Crippen LogP contribution < -0.4 is 5.32 Å². The molecule has 0 radical (unpaired) electrons. The first-order valence-corrected chi connectivity index (χ1v) is 7.35. The first kappa shape index (κ1) is 15.0. The molecule has 0 spiro atoms. The van der Waals surface area contributed by atoms with Gasteiger partial charge in [-0.3, -0.25) is 9.48 Å². The number of nitrogens with one attached hydrogen (secondary N) is 1. The van der Waals surface area contributed by atoms with Gasteiger partial charge in [0.25, 0.3) is 0 Å². The standard InChI is InChI=1S/C15H26N4O/c1-15(2,13-6-5-7-16-9-13)14(20)18(3)10-12-8-17-19(4)11-12/h8,11,13,16H,5-7,9-10H2,1-4H3. The fourth-order valence-electron chi connectivity index (χ4n) is 3.03. The maximum absolute atomic E-state index is 12.7. The summed E-state index contributed by atoms with van der Waals surface area (Å²) in [6.07, 6.45) is 6.07. The molecule has 20 heavy (non-hydrogen) atoms. The summed E-state index contributed by atoms with van der Waals surface area (Å²) in [5, 5.41) is 7.55.